The molecule has 18 heavy (non-hydrogen) atoms. The number of rotatable bonds is 5. The fraction of sp³-hybridized carbons (Fsp3) is 0.500. The Morgan fingerprint density at radius 3 is 2.61 bits per heavy atom. The van der Waals surface area contributed by atoms with Crippen molar-refractivity contribution in [2.45, 2.75) is 52.9 Å². The molecule has 1 heterocycles. The molecule has 0 atom stereocenters. The summed E-state index contributed by atoms with van der Waals surface area (Å²) in [6, 6.07) is 4.19. The molecule has 0 aliphatic carbocycles. The van der Waals surface area contributed by atoms with E-state index >= 15 is 0 Å². The molecule has 0 radical (unpaired) electrons. The predicted molar refractivity (Wildman–Crippen MR) is 78.0 cm³/mol. The molecule has 0 aliphatic heterocycles. The number of hydrogen-bond donors (Lipinski definition) is 1. The van der Waals surface area contributed by atoms with Gasteiger partial charge in [-0.3, -0.25) is 0 Å². The standard InChI is InChI=1S/C16H23NO/c1-4-6-7-8-13-11(3)18-16-10-15(17)12(5-2)9-14(13)16/h9-10H,4-8,17H2,1-3H3. The molecule has 0 amide bonds. The van der Waals surface area contributed by atoms with Crippen LogP contribution in [0, 0.1) is 6.92 Å². The largest absolute Gasteiger partial charge is 0.461 e. The maximum atomic E-state index is 6.02. The number of furan rings is 1. The minimum absolute atomic E-state index is 0.846. The Labute approximate surface area is 109 Å². The first-order valence-corrected chi connectivity index (χ1v) is 6.97. The van der Waals surface area contributed by atoms with Crippen LogP contribution in [0.25, 0.3) is 11.0 Å². The van der Waals surface area contributed by atoms with E-state index in [0.29, 0.717) is 0 Å². The monoisotopic (exact) mass is 245 g/mol. The third-order valence-electron chi connectivity index (χ3n) is 3.67. The van der Waals surface area contributed by atoms with E-state index < -0.39 is 0 Å². The second-order valence-corrected chi connectivity index (χ2v) is 4.99. The van der Waals surface area contributed by atoms with Gasteiger partial charge < -0.3 is 10.2 Å². The maximum absolute atomic E-state index is 6.02. The number of unbranched alkanes of at least 4 members (excludes halogenated alkanes) is 2. The summed E-state index contributed by atoms with van der Waals surface area (Å²) < 4.78 is 5.83. The van der Waals surface area contributed by atoms with E-state index in [1.54, 1.807) is 0 Å². The molecule has 2 heteroatoms. The molecule has 0 fully saturated rings. The first-order chi connectivity index (χ1) is 8.67. The van der Waals surface area contributed by atoms with Gasteiger partial charge in [-0.15, -0.1) is 0 Å². The summed E-state index contributed by atoms with van der Waals surface area (Å²) in [7, 11) is 0. The van der Waals surface area contributed by atoms with Crippen molar-refractivity contribution in [3.8, 4) is 0 Å². The molecule has 1 aromatic heterocycles. The van der Waals surface area contributed by atoms with E-state index in [4.69, 9.17) is 10.2 Å². The van der Waals surface area contributed by atoms with Crippen molar-refractivity contribution in [2.75, 3.05) is 5.73 Å². The first-order valence-electron chi connectivity index (χ1n) is 6.97. The first kappa shape index (κ1) is 13.0. The molecule has 0 spiro atoms. The zero-order valence-corrected chi connectivity index (χ0v) is 11.7. The average molecular weight is 245 g/mol. The summed E-state index contributed by atoms with van der Waals surface area (Å²) in [6.45, 7) is 6.43. The number of benzene rings is 1. The zero-order valence-electron chi connectivity index (χ0n) is 11.7. The number of aryl methyl sites for hydroxylation is 3. The van der Waals surface area contributed by atoms with E-state index in [1.807, 2.05) is 6.07 Å². The maximum Gasteiger partial charge on any atom is 0.136 e. The van der Waals surface area contributed by atoms with Crippen molar-refractivity contribution in [3.63, 3.8) is 0 Å². The number of nitrogens with two attached hydrogens (primary N) is 1. The summed E-state index contributed by atoms with van der Waals surface area (Å²) in [5, 5.41) is 1.26. The van der Waals surface area contributed by atoms with Crippen molar-refractivity contribution in [1.82, 2.24) is 0 Å². The van der Waals surface area contributed by atoms with Crippen molar-refractivity contribution >= 4 is 16.7 Å². The quantitative estimate of drug-likeness (QED) is 0.616. The second-order valence-electron chi connectivity index (χ2n) is 4.99. The van der Waals surface area contributed by atoms with Gasteiger partial charge in [0, 0.05) is 22.7 Å². The van der Waals surface area contributed by atoms with Crippen LogP contribution in [0.1, 0.15) is 50.0 Å². The molecule has 98 valence electrons. The average Bonchev–Trinajstić information content (AvgIpc) is 2.64. The van der Waals surface area contributed by atoms with Gasteiger partial charge in [-0.1, -0.05) is 26.7 Å². The molecule has 2 nitrogen and oxygen atoms in total. The summed E-state index contributed by atoms with van der Waals surface area (Å²) in [5.41, 5.74) is 10.4. The van der Waals surface area contributed by atoms with Gasteiger partial charge in [0.1, 0.15) is 11.3 Å². The van der Waals surface area contributed by atoms with Crippen molar-refractivity contribution < 1.29 is 4.42 Å². The molecule has 0 saturated heterocycles. The molecule has 0 bridgehead atoms. The molecule has 0 unspecified atom stereocenters. The van der Waals surface area contributed by atoms with Crippen LogP contribution in [-0.2, 0) is 12.8 Å². The highest BCUT2D eigenvalue weighted by Gasteiger charge is 2.12. The van der Waals surface area contributed by atoms with Crippen LogP contribution in [0.15, 0.2) is 16.5 Å². The van der Waals surface area contributed by atoms with Crippen LogP contribution in [0.3, 0.4) is 0 Å². The third kappa shape index (κ3) is 2.38. The van der Waals surface area contributed by atoms with Crippen molar-refractivity contribution in [2.24, 2.45) is 0 Å². The topological polar surface area (TPSA) is 39.2 Å². The van der Waals surface area contributed by atoms with Gasteiger partial charge in [0.05, 0.1) is 0 Å². The van der Waals surface area contributed by atoms with E-state index in [2.05, 4.69) is 26.8 Å². The van der Waals surface area contributed by atoms with Crippen LogP contribution >= 0.6 is 0 Å². The van der Waals surface area contributed by atoms with Gasteiger partial charge in [0.2, 0.25) is 0 Å². The number of hydrogen-bond acceptors (Lipinski definition) is 2. The highest BCUT2D eigenvalue weighted by Crippen LogP contribution is 2.31. The van der Waals surface area contributed by atoms with Gasteiger partial charge in [-0.2, -0.15) is 0 Å². The Balaban J connectivity index is 2.41. The molecule has 2 aromatic rings. The summed E-state index contributed by atoms with van der Waals surface area (Å²) >= 11 is 0. The molecule has 2 N–H and O–H groups in total. The van der Waals surface area contributed by atoms with Crippen LogP contribution < -0.4 is 5.73 Å². The summed E-state index contributed by atoms with van der Waals surface area (Å²) in [5.74, 6) is 1.05. The lowest BCUT2D eigenvalue weighted by Crippen LogP contribution is -1.93. The second kappa shape index (κ2) is 5.47. The van der Waals surface area contributed by atoms with Gasteiger partial charge >= 0.3 is 0 Å². The predicted octanol–water partition coefficient (Wildman–Crippen LogP) is 4.62. The van der Waals surface area contributed by atoms with Crippen molar-refractivity contribution in [1.29, 1.82) is 0 Å². The van der Waals surface area contributed by atoms with Gasteiger partial charge in [-0.05, 0) is 37.8 Å². The van der Waals surface area contributed by atoms with E-state index in [-0.39, 0.29) is 0 Å². The molecule has 0 aliphatic rings. The number of nitrogen functional groups attached to an aromatic ring is 1. The highest BCUT2D eigenvalue weighted by molar-refractivity contribution is 5.86. The molecule has 0 saturated carbocycles. The van der Waals surface area contributed by atoms with Crippen LogP contribution in [0.5, 0.6) is 0 Å². The van der Waals surface area contributed by atoms with E-state index in [0.717, 1.165) is 29.9 Å². The summed E-state index contributed by atoms with van der Waals surface area (Å²) in [6.07, 6.45) is 5.85. The zero-order chi connectivity index (χ0) is 13.1. The lowest BCUT2D eigenvalue weighted by atomic mass is 10.0. The minimum atomic E-state index is 0.846. The van der Waals surface area contributed by atoms with Crippen molar-refractivity contribution in [3.05, 3.63) is 29.0 Å². The third-order valence-corrected chi connectivity index (χ3v) is 3.67. The van der Waals surface area contributed by atoms with Gasteiger partial charge in [0.15, 0.2) is 0 Å². The molecule has 2 rings (SSSR count). The fourth-order valence-corrected chi connectivity index (χ4v) is 2.55. The van der Waals surface area contributed by atoms with Gasteiger partial charge in [-0.25, -0.2) is 0 Å². The van der Waals surface area contributed by atoms with Gasteiger partial charge in [0.25, 0.3) is 0 Å². The van der Waals surface area contributed by atoms with E-state index in [1.165, 1.54) is 35.8 Å². The van der Waals surface area contributed by atoms with Crippen LogP contribution in [0.4, 0.5) is 5.69 Å². The number of anilines is 1. The van der Waals surface area contributed by atoms with E-state index in [9.17, 15) is 0 Å². The Hall–Kier alpha value is -1.44. The number of fused-ring (bicyclic) bond motifs is 1. The lowest BCUT2D eigenvalue weighted by Gasteiger charge is -2.04. The Bertz CT molecular complexity index is 540. The molecular formula is C16H23NO. The smallest absolute Gasteiger partial charge is 0.136 e. The highest BCUT2D eigenvalue weighted by atomic mass is 16.3. The fourth-order valence-electron chi connectivity index (χ4n) is 2.55. The Morgan fingerprint density at radius 1 is 1.17 bits per heavy atom. The minimum Gasteiger partial charge on any atom is -0.461 e. The molecule has 1 aromatic carbocycles. The Morgan fingerprint density at radius 2 is 1.94 bits per heavy atom. The summed E-state index contributed by atoms with van der Waals surface area (Å²) in [4.78, 5) is 0. The van der Waals surface area contributed by atoms with Crippen LogP contribution in [-0.4, -0.2) is 0 Å². The lowest BCUT2D eigenvalue weighted by molar-refractivity contribution is 0.569. The normalized spacial score (nSPS) is 11.3. The van der Waals surface area contributed by atoms with Crippen LogP contribution in [0.2, 0.25) is 0 Å². The SMILES string of the molecule is CCCCCc1c(C)oc2cc(N)c(CC)cc12. The Kier molecular flexibility index (Phi) is 3.95. The molecular weight excluding hydrogens is 222 g/mol.